The van der Waals surface area contributed by atoms with Gasteiger partial charge in [0.2, 0.25) is 0 Å². The minimum absolute atomic E-state index is 0.000318. The first-order chi connectivity index (χ1) is 9.54. The zero-order chi connectivity index (χ0) is 14.3. The van der Waals surface area contributed by atoms with Gasteiger partial charge < -0.3 is 9.64 Å². The van der Waals surface area contributed by atoms with Gasteiger partial charge in [-0.3, -0.25) is 10.1 Å². The molecule has 0 radical (unpaired) electrons. The summed E-state index contributed by atoms with van der Waals surface area (Å²) in [6, 6.07) is 4.58. The van der Waals surface area contributed by atoms with Gasteiger partial charge in [-0.1, -0.05) is 0 Å². The number of hydrogen-bond donors (Lipinski definition) is 0. The molecule has 0 aromatic heterocycles. The number of hydrogen-bond acceptors (Lipinski definition) is 4. The number of rotatable bonds is 3. The molecular weight excluding hydrogens is 263 g/mol. The van der Waals surface area contributed by atoms with E-state index < -0.39 is 10.7 Å². The predicted octanol–water partition coefficient (Wildman–Crippen LogP) is 2.74. The molecule has 1 aromatic carbocycles. The molecule has 20 heavy (non-hydrogen) atoms. The molecule has 2 aliphatic heterocycles. The lowest BCUT2D eigenvalue weighted by molar-refractivity contribution is -0.385. The van der Waals surface area contributed by atoms with E-state index in [1.165, 1.54) is 25.0 Å². The molecule has 108 valence electrons. The molecule has 2 atom stereocenters. The number of ether oxygens (including phenoxy) is 1. The third kappa shape index (κ3) is 2.35. The third-order valence-electron chi connectivity index (χ3n) is 4.47. The van der Waals surface area contributed by atoms with E-state index in [1.54, 1.807) is 0 Å². The highest BCUT2D eigenvalue weighted by Gasteiger charge is 2.39. The van der Waals surface area contributed by atoms with Crippen LogP contribution in [0.5, 0.6) is 5.75 Å². The van der Waals surface area contributed by atoms with Gasteiger partial charge in [0, 0.05) is 18.2 Å². The van der Waals surface area contributed by atoms with Crippen LogP contribution in [0.3, 0.4) is 0 Å². The largest absolute Gasteiger partial charge is 0.487 e. The van der Waals surface area contributed by atoms with Gasteiger partial charge in [-0.25, -0.2) is 4.39 Å². The number of non-ortho nitro benzene ring substituents is 1. The minimum Gasteiger partial charge on any atom is -0.487 e. The first-order valence-electron chi connectivity index (χ1n) is 6.87. The van der Waals surface area contributed by atoms with Crippen molar-refractivity contribution in [2.24, 2.45) is 0 Å². The molecule has 0 saturated carbocycles. The van der Waals surface area contributed by atoms with Crippen molar-refractivity contribution in [1.82, 2.24) is 4.90 Å². The first kappa shape index (κ1) is 13.3. The second-order valence-corrected chi connectivity index (χ2v) is 5.63. The Labute approximate surface area is 116 Å². The van der Waals surface area contributed by atoms with Crippen LogP contribution in [0.1, 0.15) is 25.7 Å². The molecule has 6 heteroatoms. The summed E-state index contributed by atoms with van der Waals surface area (Å²) in [6.07, 6.45) is 4.13. The molecule has 2 heterocycles. The first-order valence-corrected chi connectivity index (χ1v) is 6.87. The van der Waals surface area contributed by atoms with Gasteiger partial charge in [0.05, 0.1) is 11.0 Å². The van der Waals surface area contributed by atoms with Crippen LogP contribution >= 0.6 is 0 Å². The monoisotopic (exact) mass is 280 g/mol. The maximum Gasteiger partial charge on any atom is 0.272 e. The van der Waals surface area contributed by atoms with Gasteiger partial charge in [0.1, 0.15) is 6.10 Å². The maximum absolute atomic E-state index is 13.8. The quantitative estimate of drug-likeness (QED) is 0.631. The molecule has 2 saturated heterocycles. The molecule has 2 aliphatic rings. The van der Waals surface area contributed by atoms with Gasteiger partial charge in [0.15, 0.2) is 11.6 Å². The summed E-state index contributed by atoms with van der Waals surface area (Å²) in [5.41, 5.74) is -0.252. The highest BCUT2D eigenvalue weighted by Crippen LogP contribution is 2.36. The molecule has 0 spiro atoms. The van der Waals surface area contributed by atoms with E-state index in [2.05, 4.69) is 11.9 Å². The van der Waals surface area contributed by atoms with Crippen LogP contribution in [-0.2, 0) is 0 Å². The van der Waals surface area contributed by atoms with Crippen LogP contribution in [0.4, 0.5) is 10.1 Å². The number of nitrogens with zero attached hydrogens (tertiary/aromatic N) is 2. The second-order valence-electron chi connectivity index (χ2n) is 5.63. The van der Waals surface area contributed by atoms with E-state index in [0.717, 1.165) is 18.9 Å². The Kier molecular flexibility index (Phi) is 3.33. The van der Waals surface area contributed by atoms with E-state index in [-0.39, 0.29) is 17.5 Å². The maximum atomic E-state index is 13.8. The Morgan fingerprint density at radius 3 is 2.55 bits per heavy atom. The lowest BCUT2D eigenvalue weighted by Crippen LogP contribution is -2.43. The molecule has 3 rings (SSSR count). The van der Waals surface area contributed by atoms with Crippen molar-refractivity contribution in [2.45, 2.75) is 43.9 Å². The molecule has 0 amide bonds. The molecular formula is C14H17FN2O3. The third-order valence-corrected chi connectivity index (χ3v) is 4.47. The van der Waals surface area contributed by atoms with Crippen LogP contribution in [0, 0.1) is 15.9 Å². The van der Waals surface area contributed by atoms with Crippen LogP contribution in [0.2, 0.25) is 0 Å². The van der Waals surface area contributed by atoms with Crippen LogP contribution in [-0.4, -0.2) is 35.1 Å². The molecule has 0 aliphatic carbocycles. The van der Waals surface area contributed by atoms with Crippen molar-refractivity contribution in [3.63, 3.8) is 0 Å². The topological polar surface area (TPSA) is 55.6 Å². The Balaban J connectivity index is 1.71. The Bertz CT molecular complexity index is 523. The lowest BCUT2D eigenvalue weighted by atomic mass is 10.0. The fourth-order valence-electron chi connectivity index (χ4n) is 3.34. The lowest BCUT2D eigenvalue weighted by Gasteiger charge is -2.36. The normalized spacial score (nSPS) is 29.4. The number of halogens is 1. The minimum atomic E-state index is -0.662. The number of nitro groups is 1. The SMILES string of the molecule is CN1C2CCC1CC(Oc1ccc([N+](=O)[O-])cc1F)C2. The van der Waals surface area contributed by atoms with Gasteiger partial charge >= 0.3 is 0 Å². The number of piperidine rings is 1. The van der Waals surface area contributed by atoms with Crippen molar-refractivity contribution in [3.05, 3.63) is 34.1 Å². The zero-order valence-corrected chi connectivity index (χ0v) is 11.3. The summed E-state index contributed by atoms with van der Waals surface area (Å²) in [6.45, 7) is 0. The molecule has 2 bridgehead atoms. The van der Waals surface area contributed by atoms with Crippen LogP contribution < -0.4 is 4.74 Å². The molecule has 2 unspecified atom stereocenters. The number of nitro benzene ring substituents is 1. The summed E-state index contributed by atoms with van der Waals surface area (Å²) < 4.78 is 19.5. The van der Waals surface area contributed by atoms with Crippen LogP contribution in [0.15, 0.2) is 18.2 Å². The van der Waals surface area contributed by atoms with E-state index in [0.29, 0.717) is 12.1 Å². The number of fused-ring (bicyclic) bond motifs is 2. The van der Waals surface area contributed by atoms with Crippen molar-refractivity contribution in [3.8, 4) is 5.75 Å². The number of benzene rings is 1. The predicted molar refractivity (Wildman–Crippen MR) is 71.3 cm³/mol. The van der Waals surface area contributed by atoms with Crippen molar-refractivity contribution >= 4 is 5.69 Å². The zero-order valence-electron chi connectivity index (χ0n) is 11.3. The summed E-state index contributed by atoms with van der Waals surface area (Å²) in [4.78, 5) is 12.3. The van der Waals surface area contributed by atoms with Crippen molar-refractivity contribution in [1.29, 1.82) is 0 Å². The molecule has 1 aromatic rings. The fraction of sp³-hybridized carbons (Fsp3) is 0.571. The standard InChI is InChI=1S/C14H17FN2O3/c1-16-9-2-3-10(16)7-12(6-9)20-14-5-4-11(17(18)19)8-13(14)15/h4-5,8-10,12H,2-3,6-7H2,1H3. The van der Waals surface area contributed by atoms with E-state index in [9.17, 15) is 14.5 Å². The molecule has 2 fully saturated rings. The second kappa shape index (κ2) is 5.01. The smallest absolute Gasteiger partial charge is 0.272 e. The molecule has 0 N–H and O–H groups in total. The molecule has 5 nitrogen and oxygen atoms in total. The summed E-state index contributed by atoms with van der Waals surface area (Å²) in [7, 11) is 2.13. The average Bonchev–Trinajstić information content (AvgIpc) is 2.64. The van der Waals surface area contributed by atoms with E-state index in [4.69, 9.17) is 4.74 Å². The van der Waals surface area contributed by atoms with Crippen molar-refractivity contribution in [2.75, 3.05) is 7.05 Å². The van der Waals surface area contributed by atoms with E-state index >= 15 is 0 Å². The summed E-state index contributed by atoms with van der Waals surface area (Å²) in [5, 5.41) is 10.6. The fourth-order valence-corrected chi connectivity index (χ4v) is 3.34. The van der Waals surface area contributed by atoms with Gasteiger partial charge in [-0.2, -0.15) is 0 Å². The summed E-state index contributed by atoms with van der Waals surface area (Å²) >= 11 is 0. The average molecular weight is 280 g/mol. The highest BCUT2D eigenvalue weighted by atomic mass is 19.1. The Morgan fingerprint density at radius 1 is 1.35 bits per heavy atom. The Hall–Kier alpha value is -1.69. The van der Waals surface area contributed by atoms with Gasteiger partial charge in [-0.15, -0.1) is 0 Å². The Morgan fingerprint density at radius 2 is 2.00 bits per heavy atom. The summed E-state index contributed by atoms with van der Waals surface area (Å²) in [5.74, 6) is -0.546. The highest BCUT2D eigenvalue weighted by molar-refractivity contribution is 5.37. The van der Waals surface area contributed by atoms with Crippen LogP contribution in [0.25, 0.3) is 0 Å². The van der Waals surface area contributed by atoms with Crippen molar-refractivity contribution < 1.29 is 14.1 Å². The van der Waals surface area contributed by atoms with Gasteiger partial charge in [-0.05, 0) is 38.8 Å². The van der Waals surface area contributed by atoms with Gasteiger partial charge in [0.25, 0.3) is 5.69 Å². The van der Waals surface area contributed by atoms with E-state index in [1.807, 2.05) is 0 Å².